The number of rotatable bonds is 8. The number of aromatic nitrogens is 1. The zero-order valence-electron chi connectivity index (χ0n) is 17.3. The molecule has 1 aliphatic heterocycles. The number of carbonyl (C=O) groups is 1. The number of piperidine rings is 1. The Morgan fingerprint density at radius 2 is 1.97 bits per heavy atom. The molecule has 1 saturated heterocycles. The topological polar surface area (TPSA) is 76.6 Å². The van der Waals surface area contributed by atoms with Gasteiger partial charge in [0.15, 0.2) is 9.84 Å². The monoisotopic (exact) mass is 420 g/mol. The van der Waals surface area contributed by atoms with Crippen LogP contribution in [0.4, 0.5) is 0 Å². The molecule has 2 saturated carbocycles. The van der Waals surface area contributed by atoms with Crippen molar-refractivity contribution in [2.75, 3.05) is 26.0 Å². The normalized spacial score (nSPS) is 25.5. The summed E-state index contributed by atoms with van der Waals surface area (Å²) < 4.78 is 28.6. The molecule has 1 aromatic rings. The van der Waals surface area contributed by atoms with Crippen LogP contribution in [-0.2, 0) is 14.6 Å². The maximum absolute atomic E-state index is 12.4. The summed E-state index contributed by atoms with van der Waals surface area (Å²) >= 11 is 0. The summed E-state index contributed by atoms with van der Waals surface area (Å²) in [6.07, 6.45) is 11.7. The lowest BCUT2D eigenvalue weighted by Gasteiger charge is -2.34. The fourth-order valence-corrected chi connectivity index (χ4v) is 5.38. The number of sulfone groups is 1. The van der Waals surface area contributed by atoms with Gasteiger partial charge in [0, 0.05) is 38.0 Å². The number of hydrogen-bond acceptors (Lipinski definition) is 5. The third-order valence-corrected chi connectivity index (χ3v) is 8.14. The summed E-state index contributed by atoms with van der Waals surface area (Å²) in [5.74, 6) is 3.76. The van der Waals surface area contributed by atoms with Crippen molar-refractivity contribution < 1.29 is 17.9 Å². The lowest BCUT2D eigenvalue weighted by molar-refractivity contribution is -0.134. The summed E-state index contributed by atoms with van der Waals surface area (Å²) in [4.78, 5) is 18.8. The SMILES string of the molecule is CS(=O)(=O)c1ccc(OCCC2CC2C2CCN(C(=O)CC3CCC3)CC2)nc1. The molecule has 3 fully saturated rings. The van der Waals surface area contributed by atoms with E-state index in [-0.39, 0.29) is 4.90 Å². The lowest BCUT2D eigenvalue weighted by atomic mass is 9.82. The van der Waals surface area contributed by atoms with E-state index < -0.39 is 9.84 Å². The van der Waals surface area contributed by atoms with Crippen LogP contribution in [0.5, 0.6) is 5.88 Å². The van der Waals surface area contributed by atoms with Gasteiger partial charge in [-0.25, -0.2) is 13.4 Å². The Hall–Kier alpha value is -1.63. The first-order valence-electron chi connectivity index (χ1n) is 11.0. The van der Waals surface area contributed by atoms with Crippen molar-refractivity contribution in [2.24, 2.45) is 23.7 Å². The standard InChI is InChI=1S/C22H32N2O4S/c1-29(26,27)19-5-6-21(23-15-19)28-12-9-18-14-20(18)17-7-10-24(11-8-17)22(25)13-16-3-2-4-16/h5-6,15-18,20H,2-4,7-14H2,1H3. The van der Waals surface area contributed by atoms with Gasteiger partial charge in [-0.3, -0.25) is 4.79 Å². The van der Waals surface area contributed by atoms with Gasteiger partial charge in [0.05, 0.1) is 11.5 Å². The molecule has 3 aliphatic rings. The van der Waals surface area contributed by atoms with Crippen LogP contribution in [0.3, 0.4) is 0 Å². The predicted octanol–water partition coefficient (Wildman–Crippen LogP) is 3.32. The van der Waals surface area contributed by atoms with Gasteiger partial charge in [-0.1, -0.05) is 6.42 Å². The summed E-state index contributed by atoms with van der Waals surface area (Å²) in [6, 6.07) is 3.16. The quantitative estimate of drug-likeness (QED) is 0.645. The Bertz CT molecular complexity index is 812. The third-order valence-electron chi connectivity index (χ3n) is 7.04. The molecule has 2 atom stereocenters. The van der Waals surface area contributed by atoms with Crippen LogP contribution in [0.25, 0.3) is 0 Å². The number of pyridine rings is 1. The minimum absolute atomic E-state index is 0.213. The van der Waals surface area contributed by atoms with Crippen LogP contribution in [0, 0.1) is 23.7 Å². The Kier molecular flexibility index (Phi) is 6.13. The predicted molar refractivity (Wildman–Crippen MR) is 110 cm³/mol. The van der Waals surface area contributed by atoms with E-state index in [9.17, 15) is 13.2 Å². The number of likely N-dealkylation sites (tertiary alicyclic amines) is 1. The van der Waals surface area contributed by atoms with E-state index in [2.05, 4.69) is 9.88 Å². The van der Waals surface area contributed by atoms with E-state index in [4.69, 9.17) is 4.74 Å². The molecule has 2 unspecified atom stereocenters. The Morgan fingerprint density at radius 1 is 1.21 bits per heavy atom. The van der Waals surface area contributed by atoms with Gasteiger partial charge in [0.1, 0.15) is 0 Å². The van der Waals surface area contributed by atoms with Crippen molar-refractivity contribution >= 4 is 15.7 Å². The van der Waals surface area contributed by atoms with E-state index in [0.29, 0.717) is 30.2 Å². The van der Waals surface area contributed by atoms with Crippen molar-refractivity contribution in [3.63, 3.8) is 0 Å². The van der Waals surface area contributed by atoms with Gasteiger partial charge in [0.2, 0.25) is 11.8 Å². The van der Waals surface area contributed by atoms with Crippen molar-refractivity contribution in [3.05, 3.63) is 18.3 Å². The minimum atomic E-state index is -3.22. The molecule has 0 N–H and O–H groups in total. The molecule has 29 heavy (non-hydrogen) atoms. The number of amides is 1. The van der Waals surface area contributed by atoms with Crippen LogP contribution in [0.1, 0.15) is 51.4 Å². The average molecular weight is 421 g/mol. The second-order valence-corrected chi connectivity index (χ2v) is 11.1. The fourth-order valence-electron chi connectivity index (χ4n) is 4.82. The highest BCUT2D eigenvalue weighted by molar-refractivity contribution is 7.90. The summed E-state index contributed by atoms with van der Waals surface area (Å²) in [5, 5.41) is 0. The first-order chi connectivity index (χ1) is 13.9. The number of hydrogen-bond donors (Lipinski definition) is 0. The lowest BCUT2D eigenvalue weighted by Crippen LogP contribution is -2.40. The molecule has 0 spiro atoms. The molecule has 1 aromatic heterocycles. The van der Waals surface area contributed by atoms with Crippen molar-refractivity contribution in [1.82, 2.24) is 9.88 Å². The molecular weight excluding hydrogens is 388 g/mol. The molecule has 2 heterocycles. The Balaban J connectivity index is 1.13. The number of carbonyl (C=O) groups excluding carboxylic acids is 1. The highest BCUT2D eigenvalue weighted by atomic mass is 32.2. The Labute approximate surface area is 173 Å². The zero-order valence-corrected chi connectivity index (χ0v) is 18.1. The second-order valence-electron chi connectivity index (χ2n) is 9.12. The molecule has 4 rings (SSSR count). The van der Waals surface area contributed by atoms with E-state index in [0.717, 1.165) is 50.6 Å². The molecular formula is C22H32N2O4S. The van der Waals surface area contributed by atoms with Gasteiger partial charge in [-0.2, -0.15) is 0 Å². The van der Waals surface area contributed by atoms with Crippen LogP contribution in [-0.4, -0.2) is 50.2 Å². The van der Waals surface area contributed by atoms with E-state index in [1.165, 1.54) is 44.2 Å². The number of ether oxygens (including phenoxy) is 1. The summed E-state index contributed by atoms with van der Waals surface area (Å²) in [5.41, 5.74) is 0. The van der Waals surface area contributed by atoms with Crippen molar-refractivity contribution in [1.29, 1.82) is 0 Å². The fraction of sp³-hybridized carbons (Fsp3) is 0.727. The van der Waals surface area contributed by atoms with Crippen LogP contribution in [0.15, 0.2) is 23.2 Å². The molecule has 6 nitrogen and oxygen atoms in total. The molecule has 0 aromatic carbocycles. The molecule has 160 valence electrons. The van der Waals surface area contributed by atoms with Crippen molar-refractivity contribution in [2.45, 2.75) is 56.3 Å². The first kappa shape index (κ1) is 20.6. The average Bonchev–Trinajstić information content (AvgIpc) is 3.44. The van der Waals surface area contributed by atoms with Gasteiger partial charge < -0.3 is 9.64 Å². The third kappa shape index (κ3) is 5.30. The first-order valence-corrected chi connectivity index (χ1v) is 12.9. The van der Waals surface area contributed by atoms with Crippen LogP contribution in [0.2, 0.25) is 0 Å². The van der Waals surface area contributed by atoms with Crippen LogP contribution >= 0.6 is 0 Å². The minimum Gasteiger partial charge on any atom is -0.478 e. The van der Waals surface area contributed by atoms with E-state index in [1.54, 1.807) is 6.07 Å². The maximum atomic E-state index is 12.4. The van der Waals surface area contributed by atoms with Gasteiger partial charge in [-0.15, -0.1) is 0 Å². The maximum Gasteiger partial charge on any atom is 0.222 e. The van der Waals surface area contributed by atoms with Gasteiger partial charge >= 0.3 is 0 Å². The zero-order chi connectivity index (χ0) is 20.4. The molecule has 0 bridgehead atoms. The molecule has 2 aliphatic carbocycles. The molecule has 7 heteroatoms. The largest absolute Gasteiger partial charge is 0.478 e. The highest BCUT2D eigenvalue weighted by Gasteiger charge is 2.43. The summed E-state index contributed by atoms with van der Waals surface area (Å²) in [6.45, 7) is 2.49. The van der Waals surface area contributed by atoms with Gasteiger partial charge in [-0.05, 0) is 68.3 Å². The summed E-state index contributed by atoms with van der Waals surface area (Å²) in [7, 11) is -3.22. The smallest absolute Gasteiger partial charge is 0.222 e. The Morgan fingerprint density at radius 3 is 2.55 bits per heavy atom. The van der Waals surface area contributed by atoms with Crippen LogP contribution < -0.4 is 4.74 Å². The van der Waals surface area contributed by atoms with E-state index in [1.807, 2.05) is 0 Å². The molecule has 1 amide bonds. The number of nitrogens with zero attached hydrogens (tertiary/aromatic N) is 2. The van der Waals surface area contributed by atoms with Crippen molar-refractivity contribution in [3.8, 4) is 5.88 Å². The van der Waals surface area contributed by atoms with Gasteiger partial charge in [0.25, 0.3) is 0 Å². The molecule has 0 radical (unpaired) electrons. The highest BCUT2D eigenvalue weighted by Crippen LogP contribution is 2.49. The van der Waals surface area contributed by atoms with E-state index >= 15 is 0 Å². The second kappa shape index (κ2) is 8.62.